The van der Waals surface area contributed by atoms with Crippen LogP contribution in [0.2, 0.25) is 0 Å². The molecule has 4 aromatic heterocycles. The highest BCUT2D eigenvalue weighted by molar-refractivity contribution is 6.20. The lowest BCUT2D eigenvalue weighted by atomic mass is 10.1. The number of para-hydroxylation sites is 3. The zero-order valence-corrected chi connectivity index (χ0v) is 22.0. The Kier molecular flexibility index (Phi) is 5.02. The Bertz CT molecular complexity index is 2290. The van der Waals surface area contributed by atoms with Crippen LogP contribution in [-0.2, 0) is 0 Å². The summed E-state index contributed by atoms with van der Waals surface area (Å²) in [4.78, 5) is 9.29. The third-order valence-electron chi connectivity index (χ3n) is 7.74. The number of nitrogens with one attached hydrogen (secondary N) is 1. The van der Waals surface area contributed by atoms with Gasteiger partial charge in [-0.25, -0.2) is 4.98 Å². The number of hydrogen-bond acceptors (Lipinski definition) is 4. The van der Waals surface area contributed by atoms with Crippen LogP contribution in [0, 0.1) is 5.41 Å². The van der Waals surface area contributed by atoms with Crippen molar-refractivity contribution in [3.05, 3.63) is 127 Å². The molecular formula is C35H23N5O. The Labute approximate surface area is 234 Å². The van der Waals surface area contributed by atoms with Crippen molar-refractivity contribution in [2.24, 2.45) is 0 Å². The number of rotatable bonds is 5. The van der Waals surface area contributed by atoms with Gasteiger partial charge in [-0.05, 0) is 72.8 Å². The van der Waals surface area contributed by atoms with Gasteiger partial charge in [-0.1, -0.05) is 36.9 Å². The van der Waals surface area contributed by atoms with Crippen molar-refractivity contribution in [3.63, 3.8) is 0 Å². The third kappa shape index (κ3) is 3.34. The van der Waals surface area contributed by atoms with Gasteiger partial charge < -0.3 is 14.4 Å². The Hall–Kier alpha value is -5.75. The van der Waals surface area contributed by atoms with Crippen molar-refractivity contribution in [2.45, 2.75) is 0 Å². The highest BCUT2D eigenvalue weighted by Crippen LogP contribution is 2.39. The summed E-state index contributed by atoms with van der Waals surface area (Å²) in [6, 6.07) is 32.9. The minimum atomic E-state index is 0.749. The number of nitrogens with zero attached hydrogens (tertiary/aromatic N) is 4. The molecule has 0 unspecified atom stereocenters. The van der Waals surface area contributed by atoms with E-state index in [0.717, 1.165) is 77.9 Å². The Morgan fingerprint density at radius 3 is 2.34 bits per heavy atom. The first-order valence-corrected chi connectivity index (χ1v) is 13.4. The lowest BCUT2D eigenvalue weighted by molar-refractivity contribution is 0.672. The van der Waals surface area contributed by atoms with Crippen molar-refractivity contribution in [1.29, 1.82) is 5.41 Å². The van der Waals surface area contributed by atoms with Gasteiger partial charge in [0, 0.05) is 51.9 Å². The summed E-state index contributed by atoms with van der Waals surface area (Å²) in [7, 11) is 0. The fourth-order valence-electron chi connectivity index (χ4n) is 5.94. The SMILES string of the molecule is C=Cc1c(C=N)c2c3oc4ccncc4c3ccc2n1-c1ccc(-c2nc3ccccc3n2-c2ccccc2)cc1. The van der Waals surface area contributed by atoms with E-state index in [0.29, 0.717) is 0 Å². The van der Waals surface area contributed by atoms with E-state index in [9.17, 15) is 0 Å². The van der Waals surface area contributed by atoms with Gasteiger partial charge in [-0.2, -0.15) is 0 Å². The van der Waals surface area contributed by atoms with Crippen LogP contribution in [0.3, 0.4) is 0 Å². The van der Waals surface area contributed by atoms with Crippen molar-refractivity contribution < 1.29 is 4.42 Å². The molecule has 0 radical (unpaired) electrons. The molecule has 0 aliphatic heterocycles. The maximum atomic E-state index is 8.31. The van der Waals surface area contributed by atoms with Crippen molar-refractivity contribution >= 4 is 56.2 Å². The maximum absolute atomic E-state index is 8.31. The molecule has 0 fully saturated rings. The molecule has 0 aliphatic rings. The van der Waals surface area contributed by atoms with E-state index in [4.69, 9.17) is 14.8 Å². The molecule has 1 N–H and O–H groups in total. The molecule has 194 valence electrons. The summed E-state index contributed by atoms with van der Waals surface area (Å²) >= 11 is 0. The molecule has 0 spiro atoms. The van der Waals surface area contributed by atoms with E-state index in [1.807, 2.05) is 48.7 Å². The van der Waals surface area contributed by atoms with Crippen LogP contribution in [0.4, 0.5) is 0 Å². The topological polar surface area (TPSA) is 72.6 Å². The van der Waals surface area contributed by atoms with E-state index in [1.165, 1.54) is 6.21 Å². The molecule has 6 heteroatoms. The molecule has 8 aromatic rings. The van der Waals surface area contributed by atoms with Crippen molar-refractivity contribution in [1.82, 2.24) is 19.1 Å². The Morgan fingerprint density at radius 1 is 0.756 bits per heavy atom. The molecule has 4 heterocycles. The summed E-state index contributed by atoms with van der Waals surface area (Å²) in [5.41, 5.74) is 9.11. The van der Waals surface area contributed by atoms with E-state index in [-0.39, 0.29) is 0 Å². The Morgan fingerprint density at radius 2 is 1.54 bits per heavy atom. The molecule has 4 aromatic carbocycles. The van der Waals surface area contributed by atoms with Gasteiger partial charge in [0.25, 0.3) is 0 Å². The van der Waals surface area contributed by atoms with Crippen LogP contribution in [-0.4, -0.2) is 25.3 Å². The van der Waals surface area contributed by atoms with Gasteiger partial charge in [0.05, 0.1) is 27.6 Å². The van der Waals surface area contributed by atoms with Gasteiger partial charge >= 0.3 is 0 Å². The van der Waals surface area contributed by atoms with Crippen molar-refractivity contribution in [3.8, 4) is 22.8 Å². The number of hydrogen-bond donors (Lipinski definition) is 1. The summed E-state index contributed by atoms with van der Waals surface area (Å²) in [5, 5.41) is 11.1. The minimum Gasteiger partial charge on any atom is -0.455 e. The molecule has 8 rings (SSSR count). The molecule has 0 aliphatic carbocycles. The second-order valence-corrected chi connectivity index (χ2v) is 9.94. The summed E-state index contributed by atoms with van der Waals surface area (Å²) in [6.45, 7) is 4.10. The van der Waals surface area contributed by atoms with E-state index < -0.39 is 0 Å². The monoisotopic (exact) mass is 529 g/mol. The number of benzene rings is 4. The summed E-state index contributed by atoms with van der Waals surface area (Å²) in [5.74, 6) is 0.878. The summed E-state index contributed by atoms with van der Waals surface area (Å²) < 4.78 is 10.7. The molecule has 0 saturated heterocycles. The first-order valence-electron chi connectivity index (χ1n) is 13.4. The van der Waals surface area contributed by atoms with Gasteiger partial charge in [0.2, 0.25) is 0 Å². The van der Waals surface area contributed by atoms with Crippen LogP contribution in [0.5, 0.6) is 0 Å². The fraction of sp³-hybridized carbons (Fsp3) is 0. The van der Waals surface area contributed by atoms with Gasteiger partial charge in [-0.15, -0.1) is 0 Å². The lowest BCUT2D eigenvalue weighted by Crippen LogP contribution is -1.99. The molecule has 0 saturated carbocycles. The average molecular weight is 530 g/mol. The number of imidazole rings is 1. The lowest BCUT2D eigenvalue weighted by Gasteiger charge is -2.12. The Balaban J connectivity index is 1.33. The number of aromatic nitrogens is 4. The molecule has 41 heavy (non-hydrogen) atoms. The molecule has 0 atom stereocenters. The standard InChI is InChI=1S/C35H23N5O/c1-2-29-26(20-36)33-31(17-16-25-27-21-37-19-18-32(27)41-34(25)33)39(29)24-14-12-22(13-15-24)35-38-28-10-6-7-11-30(28)40(35)23-8-4-3-5-9-23/h2-21,36H,1H2. The zero-order valence-electron chi connectivity index (χ0n) is 22.0. The minimum absolute atomic E-state index is 0.749. The predicted molar refractivity (Wildman–Crippen MR) is 166 cm³/mol. The van der Waals surface area contributed by atoms with E-state index >= 15 is 0 Å². The van der Waals surface area contributed by atoms with Gasteiger partial charge in [0.15, 0.2) is 0 Å². The number of pyridine rings is 1. The average Bonchev–Trinajstić information content (AvgIpc) is 3.70. The van der Waals surface area contributed by atoms with Crippen molar-refractivity contribution in [2.75, 3.05) is 0 Å². The van der Waals surface area contributed by atoms with Crippen LogP contribution in [0.1, 0.15) is 11.3 Å². The van der Waals surface area contributed by atoms with E-state index in [1.54, 1.807) is 12.3 Å². The first kappa shape index (κ1) is 23.2. The third-order valence-corrected chi connectivity index (χ3v) is 7.74. The van der Waals surface area contributed by atoms with E-state index in [2.05, 4.69) is 75.3 Å². The number of fused-ring (bicyclic) bond motifs is 6. The highest BCUT2D eigenvalue weighted by Gasteiger charge is 2.21. The van der Waals surface area contributed by atoms with Crippen LogP contribution in [0.25, 0.3) is 72.7 Å². The fourth-order valence-corrected chi connectivity index (χ4v) is 5.94. The second kappa shape index (κ2) is 8.89. The smallest absolute Gasteiger partial charge is 0.145 e. The first-order chi connectivity index (χ1) is 20.3. The number of furan rings is 1. The van der Waals surface area contributed by atoms with Gasteiger partial charge in [-0.3, -0.25) is 9.55 Å². The quantitative estimate of drug-likeness (QED) is 0.227. The molecule has 0 bridgehead atoms. The zero-order chi connectivity index (χ0) is 27.5. The molecule has 6 nitrogen and oxygen atoms in total. The van der Waals surface area contributed by atoms with Crippen LogP contribution < -0.4 is 0 Å². The van der Waals surface area contributed by atoms with Crippen LogP contribution in [0.15, 0.2) is 120 Å². The highest BCUT2D eigenvalue weighted by atomic mass is 16.3. The normalized spacial score (nSPS) is 11.6. The maximum Gasteiger partial charge on any atom is 0.145 e. The van der Waals surface area contributed by atoms with Crippen LogP contribution >= 0.6 is 0 Å². The predicted octanol–water partition coefficient (Wildman–Crippen LogP) is 8.57. The van der Waals surface area contributed by atoms with Gasteiger partial charge in [0.1, 0.15) is 17.0 Å². The molecule has 0 amide bonds. The molecular weight excluding hydrogens is 506 g/mol. The largest absolute Gasteiger partial charge is 0.455 e. The summed E-state index contributed by atoms with van der Waals surface area (Å²) in [6.07, 6.45) is 6.74. The second-order valence-electron chi connectivity index (χ2n) is 9.94.